The Morgan fingerprint density at radius 2 is 1.70 bits per heavy atom. The number of ether oxygens (including phenoxy) is 4. The maximum atomic E-state index is 12.3. The first-order chi connectivity index (χ1) is 28.5. The first kappa shape index (κ1) is 52.0. The lowest BCUT2D eigenvalue weighted by molar-refractivity contribution is -0.315. The molecule has 0 aromatic heterocycles. The highest BCUT2D eigenvalue weighted by molar-refractivity contribution is 14.1. The van der Waals surface area contributed by atoms with Gasteiger partial charge in [-0.3, -0.25) is 0 Å². The van der Waals surface area contributed by atoms with Crippen molar-refractivity contribution < 1.29 is 39.4 Å². The van der Waals surface area contributed by atoms with E-state index in [-0.39, 0.29) is 72.2 Å². The molecule has 0 radical (unpaired) electrons. The molecule has 0 spiro atoms. The van der Waals surface area contributed by atoms with Crippen LogP contribution in [0, 0.1) is 52.8 Å². The number of piperidine rings is 1. The van der Waals surface area contributed by atoms with Crippen molar-refractivity contribution in [3.8, 4) is 0 Å². The van der Waals surface area contributed by atoms with E-state index in [0.717, 1.165) is 64.2 Å². The number of rotatable bonds is 16. The molecule has 5 fully saturated rings. The fourth-order valence-electron chi connectivity index (χ4n) is 12.5. The van der Waals surface area contributed by atoms with Gasteiger partial charge in [0.2, 0.25) is 5.79 Å². The Hall–Kier alpha value is -0.000000000000000187. The monoisotopic (exact) mass is 976 g/mol. The van der Waals surface area contributed by atoms with E-state index in [9.17, 15) is 20.4 Å². The normalized spacial score (nSPS) is 45.4. The van der Waals surface area contributed by atoms with Gasteiger partial charge in [-0.2, -0.15) is 0 Å². The molecule has 12 heteroatoms. The Balaban J connectivity index is 1.19. The van der Waals surface area contributed by atoms with Gasteiger partial charge in [0.05, 0.1) is 64.5 Å². The van der Waals surface area contributed by atoms with E-state index < -0.39 is 33.1 Å². The Morgan fingerprint density at radius 1 is 1.00 bits per heavy atom. The van der Waals surface area contributed by atoms with Gasteiger partial charge in [0.15, 0.2) is 0 Å². The Labute approximate surface area is 384 Å². The number of alkyl halides is 1. The van der Waals surface area contributed by atoms with Crippen LogP contribution < -0.4 is 10.6 Å². The minimum absolute atomic E-state index is 0.0276. The van der Waals surface area contributed by atoms with Gasteiger partial charge in [0, 0.05) is 29.8 Å². The molecule has 11 nitrogen and oxygen atoms in total. The van der Waals surface area contributed by atoms with Crippen LogP contribution >= 0.6 is 22.6 Å². The largest absolute Gasteiger partial charge is 0.391 e. The summed E-state index contributed by atoms with van der Waals surface area (Å²) in [5.74, 6) is 0.475. The Kier molecular flexibility index (Phi) is 18.2. The van der Waals surface area contributed by atoms with Crippen molar-refractivity contribution in [2.45, 2.75) is 235 Å². The third kappa shape index (κ3) is 12.1. The van der Waals surface area contributed by atoms with Crippen molar-refractivity contribution in [1.82, 2.24) is 10.6 Å². The fourth-order valence-corrected chi connectivity index (χ4v) is 13.5. The van der Waals surface area contributed by atoms with E-state index in [2.05, 4.69) is 103 Å². The van der Waals surface area contributed by atoms with E-state index in [0.29, 0.717) is 55.4 Å². The van der Waals surface area contributed by atoms with Crippen molar-refractivity contribution in [3.05, 3.63) is 0 Å². The predicted octanol–water partition coefficient (Wildman–Crippen LogP) is 7.80. The molecule has 0 aromatic rings. The highest BCUT2D eigenvalue weighted by Crippen LogP contribution is 2.50. The molecule has 0 saturated carbocycles. The summed E-state index contributed by atoms with van der Waals surface area (Å²) in [5, 5.41) is 61.3. The highest BCUT2D eigenvalue weighted by Gasteiger charge is 2.57. The average Bonchev–Trinajstić information content (AvgIpc) is 3.41. The van der Waals surface area contributed by atoms with Gasteiger partial charge >= 0.3 is 0 Å². The standard InChI is InChI=1S/C49H90IN3O8/c1-28(2)16-19-38(51)43(55)34(8)42-29(3)17-18-35(53-42)22-36-23-39(52-12)33(7)37(26-58-36)31(5)24-46(9,56)41-20-21-47(10,60-41)45-30(4)14-13-15-40(59-45)44-32(6)25-48(11,50)49(57,27-54)61-44/h28-37,39-45,51-57H,13-27H2,1-12H3/t29-,30-,31+,32-,33-,34+,35+,36+,37+,39+,40-,41?,42?,43?,44+,45+,46+,47-,48-,49-/m0/s1. The van der Waals surface area contributed by atoms with Gasteiger partial charge in [-0.1, -0.05) is 84.4 Å². The second-order valence-electron chi connectivity index (χ2n) is 22.5. The molecule has 61 heavy (non-hydrogen) atoms. The summed E-state index contributed by atoms with van der Waals surface area (Å²) >= 11 is 2.23. The Bertz CT molecular complexity index is 1410. The summed E-state index contributed by atoms with van der Waals surface area (Å²) in [6.45, 7) is 24.0. The quantitative estimate of drug-likeness (QED) is 0.0461. The molecule has 5 aliphatic rings. The van der Waals surface area contributed by atoms with Crippen LogP contribution in [0.3, 0.4) is 0 Å². The van der Waals surface area contributed by atoms with Crippen LogP contribution in [-0.2, 0) is 18.9 Å². The molecule has 5 heterocycles. The Morgan fingerprint density at radius 3 is 2.36 bits per heavy atom. The van der Waals surface area contributed by atoms with Crippen molar-refractivity contribution in [2.75, 3.05) is 20.3 Å². The van der Waals surface area contributed by atoms with Crippen LogP contribution in [0.15, 0.2) is 0 Å². The van der Waals surface area contributed by atoms with E-state index in [4.69, 9.17) is 24.4 Å². The lowest BCUT2D eigenvalue weighted by Gasteiger charge is -2.51. The smallest absolute Gasteiger partial charge is 0.204 e. The zero-order chi connectivity index (χ0) is 45.2. The van der Waals surface area contributed by atoms with Crippen LogP contribution in [0.2, 0.25) is 0 Å². The van der Waals surface area contributed by atoms with Gasteiger partial charge < -0.3 is 55.4 Å². The number of nitrogens with one attached hydrogen (secondary N) is 3. The predicted molar refractivity (Wildman–Crippen MR) is 252 cm³/mol. The number of halogens is 1. The zero-order valence-corrected chi connectivity index (χ0v) is 42.4. The first-order valence-electron chi connectivity index (χ1n) is 24.5. The first-order valence-corrected chi connectivity index (χ1v) is 25.6. The molecule has 0 aromatic carbocycles. The molecule has 7 N–H and O–H groups in total. The molecule has 20 atom stereocenters. The van der Waals surface area contributed by atoms with Crippen LogP contribution in [0.4, 0.5) is 0 Å². The summed E-state index contributed by atoms with van der Waals surface area (Å²) in [6.07, 6.45) is 9.57. The molecule has 0 bridgehead atoms. The van der Waals surface area contributed by atoms with Gasteiger partial charge in [-0.25, -0.2) is 0 Å². The summed E-state index contributed by atoms with van der Waals surface area (Å²) in [7, 11) is 2.07. The maximum absolute atomic E-state index is 12.3. The number of aliphatic hydroxyl groups is 4. The molecule has 5 saturated heterocycles. The fraction of sp³-hybridized carbons (Fsp3) is 0.980. The number of aliphatic hydroxyl groups excluding tert-OH is 2. The summed E-state index contributed by atoms with van der Waals surface area (Å²) in [4.78, 5) is 0. The van der Waals surface area contributed by atoms with Crippen molar-refractivity contribution in [1.29, 1.82) is 5.41 Å². The number of hydrogen-bond donors (Lipinski definition) is 7. The molecule has 5 aliphatic heterocycles. The van der Waals surface area contributed by atoms with Crippen LogP contribution in [0.1, 0.15) is 160 Å². The van der Waals surface area contributed by atoms with Crippen molar-refractivity contribution >= 4 is 28.3 Å². The van der Waals surface area contributed by atoms with Gasteiger partial charge in [-0.05, 0) is 146 Å². The maximum Gasteiger partial charge on any atom is 0.204 e. The summed E-state index contributed by atoms with van der Waals surface area (Å²) in [6, 6.07) is 0.738. The molecule has 356 valence electrons. The highest BCUT2D eigenvalue weighted by atomic mass is 127. The molecule has 5 rings (SSSR count). The van der Waals surface area contributed by atoms with E-state index in [1.165, 1.54) is 0 Å². The van der Waals surface area contributed by atoms with Gasteiger partial charge in [0.25, 0.3) is 0 Å². The molecule has 0 aliphatic carbocycles. The molecule has 0 amide bonds. The van der Waals surface area contributed by atoms with Crippen molar-refractivity contribution in [3.63, 3.8) is 0 Å². The molecule has 3 unspecified atom stereocenters. The topological polar surface area (TPSA) is 166 Å². The lowest BCUT2D eigenvalue weighted by Crippen LogP contribution is -2.63. The lowest BCUT2D eigenvalue weighted by atomic mass is 9.74. The van der Waals surface area contributed by atoms with Crippen LogP contribution in [-0.4, -0.2) is 122 Å². The minimum atomic E-state index is -1.64. The zero-order valence-electron chi connectivity index (χ0n) is 40.2. The van der Waals surface area contributed by atoms with Gasteiger partial charge in [-0.15, -0.1) is 0 Å². The molecular weight excluding hydrogens is 885 g/mol. The minimum Gasteiger partial charge on any atom is -0.391 e. The third-order valence-corrected chi connectivity index (χ3v) is 18.0. The second-order valence-corrected chi connectivity index (χ2v) is 24.8. The van der Waals surface area contributed by atoms with E-state index >= 15 is 0 Å². The van der Waals surface area contributed by atoms with Crippen LogP contribution in [0.5, 0.6) is 0 Å². The average molecular weight is 976 g/mol. The second kappa shape index (κ2) is 21.3. The number of hydrogen-bond acceptors (Lipinski definition) is 11. The summed E-state index contributed by atoms with van der Waals surface area (Å²) in [5.41, 5.74) is -1.16. The van der Waals surface area contributed by atoms with Crippen molar-refractivity contribution in [2.24, 2.45) is 47.3 Å². The van der Waals surface area contributed by atoms with Gasteiger partial charge in [0.1, 0.15) is 0 Å². The SMILES string of the molecule is CN[C@@H]1C[C@@H](C[C@H]2CC[C@H](C)C([C@@H](C)C(O)C(=N)CCC(C)C)N2)OC[C@H]([C@H](C)C[C@@](C)(O)C2CC[C@@](C)([C@@H]3O[C@H]([C@@H]4O[C@@](O)(CO)[C@@](C)(I)C[C@@H]4C)CCC[C@@H]3C)O2)[C@@H]1C. The molecular formula is C49H90IN3O8. The van der Waals surface area contributed by atoms with Crippen LogP contribution in [0.25, 0.3) is 0 Å². The van der Waals surface area contributed by atoms with E-state index in [1.807, 2.05) is 13.8 Å². The van der Waals surface area contributed by atoms with E-state index in [1.54, 1.807) is 0 Å². The summed E-state index contributed by atoms with van der Waals surface area (Å²) < 4.78 is 26.7. The third-order valence-electron chi connectivity index (χ3n) is 16.7.